The second-order valence-corrected chi connectivity index (χ2v) is 12.1. The molecule has 16 heavy (non-hydrogen) atoms. The van der Waals surface area contributed by atoms with Crippen LogP contribution < -0.4 is 0 Å². The minimum absolute atomic E-state index is 0.876. The predicted molar refractivity (Wildman–Crippen MR) is 93.5 cm³/mol. The Bertz CT molecular complexity index is 222. The molecule has 0 saturated heterocycles. The molecule has 0 aliphatic rings. The van der Waals surface area contributed by atoms with Gasteiger partial charge in [-0.1, -0.05) is 46.9 Å². The Morgan fingerprint density at radius 1 is 0.750 bits per heavy atom. The van der Waals surface area contributed by atoms with Crippen molar-refractivity contribution < 1.29 is 0 Å². The molecule has 0 aliphatic heterocycles. The maximum Gasteiger partial charge on any atom is -0.000540 e. The van der Waals surface area contributed by atoms with Gasteiger partial charge >= 0.3 is 0 Å². The third kappa shape index (κ3) is 11.5. The van der Waals surface area contributed by atoms with Crippen molar-refractivity contribution in [3.63, 3.8) is 0 Å². The van der Waals surface area contributed by atoms with E-state index in [0.717, 1.165) is 22.7 Å². The molecule has 0 aromatic rings. The molecule has 90 valence electrons. The molecule has 0 aromatic carbocycles. The Morgan fingerprint density at radius 2 is 1.12 bits per heavy atom. The Morgan fingerprint density at radius 3 is 1.44 bits per heavy atom. The van der Waals surface area contributed by atoms with Gasteiger partial charge < -0.3 is 0 Å². The number of rotatable bonds is 11. The van der Waals surface area contributed by atoms with Crippen LogP contribution in [0.25, 0.3) is 0 Å². The van der Waals surface area contributed by atoms with E-state index in [1.807, 2.05) is 12.2 Å². The zero-order chi connectivity index (χ0) is 12.2. The van der Waals surface area contributed by atoms with Gasteiger partial charge in [0, 0.05) is 0 Å². The molecule has 0 N–H and O–H groups in total. The van der Waals surface area contributed by atoms with Crippen LogP contribution in [0, 0.1) is 0 Å². The van der Waals surface area contributed by atoms with Crippen molar-refractivity contribution in [2.45, 2.75) is 12.8 Å². The Hall–Kier alpha value is 1.06. The normalized spacial score (nSPS) is 9.75. The van der Waals surface area contributed by atoms with Crippen molar-refractivity contribution in [2.75, 3.05) is 0 Å². The molecule has 0 bridgehead atoms. The van der Waals surface area contributed by atoms with Crippen LogP contribution in [0.2, 0.25) is 0 Å². The van der Waals surface area contributed by atoms with Gasteiger partial charge in [0.05, 0.1) is 0 Å². The molecule has 0 radical (unpaired) electrons. The van der Waals surface area contributed by atoms with E-state index in [1.165, 1.54) is 0 Å². The fourth-order valence-electron chi connectivity index (χ4n) is 0.537. The summed E-state index contributed by atoms with van der Waals surface area (Å²) in [5, 5.41) is 0. The molecule has 0 aromatic heterocycles. The maximum atomic E-state index is 3.93. The average Bonchev–Trinajstić information content (AvgIpc) is 2.24. The van der Waals surface area contributed by atoms with Crippen molar-refractivity contribution in [1.82, 2.24) is 0 Å². The molecular weight excluding hydrogens is 313 g/mol. The Kier molecular flexibility index (Phi) is 13.3. The van der Waals surface area contributed by atoms with E-state index in [1.54, 1.807) is 60.9 Å². The van der Waals surface area contributed by atoms with Crippen LogP contribution in [0.5, 0.6) is 0 Å². The van der Waals surface area contributed by atoms with Gasteiger partial charge in [-0.3, -0.25) is 0 Å². The quantitative estimate of drug-likeness (QED) is 0.223. The zero-order valence-electron chi connectivity index (χ0n) is 8.85. The predicted octanol–water partition coefficient (Wildman–Crippen LogP) is 7.14. The van der Waals surface area contributed by atoms with Crippen molar-refractivity contribution in [1.29, 1.82) is 0 Å². The van der Waals surface area contributed by atoms with Crippen LogP contribution in [0.1, 0.15) is 12.8 Å². The third-order valence-corrected chi connectivity index (χ3v) is 11.8. The summed E-state index contributed by atoms with van der Waals surface area (Å²) in [5.74, 6) is 0. The van der Waals surface area contributed by atoms with Crippen LogP contribution in [-0.4, -0.2) is 0 Å². The average molecular weight is 327 g/mol. The van der Waals surface area contributed by atoms with Gasteiger partial charge in [-0.2, -0.15) is 0 Å². The summed E-state index contributed by atoms with van der Waals surface area (Å²) in [6, 6.07) is 0. The van der Waals surface area contributed by atoms with Crippen LogP contribution in [-0.2, 0) is 0 Å². The lowest BCUT2D eigenvalue weighted by Gasteiger charge is -2.01. The second-order valence-electron chi connectivity index (χ2n) is 2.50. The van der Waals surface area contributed by atoms with E-state index in [2.05, 4.69) is 26.3 Å². The van der Waals surface area contributed by atoms with Crippen molar-refractivity contribution in [2.24, 2.45) is 0 Å². The molecule has 6 heteroatoms. The first-order valence-corrected chi connectivity index (χ1v) is 11.8. The molecule has 0 atom stereocenters. The topological polar surface area (TPSA) is 0 Å². The molecule has 0 rings (SSSR count). The van der Waals surface area contributed by atoms with E-state index < -0.39 is 0 Å². The largest absolute Gasteiger partial charge is 0.103 e. The lowest BCUT2D eigenvalue weighted by Crippen LogP contribution is -1.63. The van der Waals surface area contributed by atoms with E-state index in [9.17, 15) is 0 Å². The highest BCUT2D eigenvalue weighted by atomic mass is 33.9. The summed E-state index contributed by atoms with van der Waals surface area (Å²) in [6.45, 7) is 15.2. The van der Waals surface area contributed by atoms with Gasteiger partial charge in [0.15, 0.2) is 0 Å². The molecule has 0 unspecified atom stereocenters. The molecule has 0 spiro atoms. The van der Waals surface area contributed by atoms with E-state index in [0.29, 0.717) is 0 Å². The monoisotopic (exact) mass is 326 g/mol. The van der Waals surface area contributed by atoms with Crippen LogP contribution in [0.15, 0.2) is 48.3 Å². The maximum absolute atomic E-state index is 3.93. The summed E-state index contributed by atoms with van der Waals surface area (Å²) < 4.78 is 0. The molecule has 0 fully saturated rings. The standard InChI is InChI=1S/C10H14S6/c1-5-7-9(3)11-13-15-16-14-12-10(4)8-6-2/h5-6H,1-4,7-8H2. The fraction of sp³-hybridized carbons (Fsp3) is 0.200. The van der Waals surface area contributed by atoms with E-state index >= 15 is 0 Å². The van der Waals surface area contributed by atoms with E-state index in [-0.39, 0.29) is 0 Å². The molecule has 0 saturated carbocycles. The Labute approximate surface area is 121 Å². The number of hydrogen-bond acceptors (Lipinski definition) is 6. The van der Waals surface area contributed by atoms with Gasteiger partial charge in [-0.15, -0.1) is 13.2 Å². The second kappa shape index (κ2) is 12.5. The summed E-state index contributed by atoms with van der Waals surface area (Å²) >= 11 is 0. The lowest BCUT2D eigenvalue weighted by molar-refractivity contribution is 1.39. The van der Waals surface area contributed by atoms with Crippen LogP contribution in [0.3, 0.4) is 0 Å². The highest BCUT2D eigenvalue weighted by molar-refractivity contribution is 9.42. The molecule has 0 aliphatic carbocycles. The molecular formula is C10H14S6. The van der Waals surface area contributed by atoms with E-state index in [4.69, 9.17) is 0 Å². The minimum Gasteiger partial charge on any atom is -0.103 e. The first-order valence-electron chi connectivity index (χ1n) is 4.29. The van der Waals surface area contributed by atoms with Crippen molar-refractivity contribution in [3.8, 4) is 0 Å². The highest BCUT2D eigenvalue weighted by Crippen LogP contribution is 2.55. The molecule has 0 heterocycles. The number of hydrogen-bond donors (Lipinski definition) is 0. The third-order valence-electron chi connectivity index (χ3n) is 1.13. The smallest absolute Gasteiger partial charge is 0.000540 e. The first-order chi connectivity index (χ1) is 7.70. The van der Waals surface area contributed by atoms with Gasteiger partial charge in [0.2, 0.25) is 0 Å². The van der Waals surface area contributed by atoms with Gasteiger partial charge in [0.1, 0.15) is 0 Å². The summed E-state index contributed by atoms with van der Waals surface area (Å²) in [7, 11) is 10.4. The van der Waals surface area contributed by atoms with Gasteiger partial charge in [-0.05, 0) is 62.0 Å². The van der Waals surface area contributed by atoms with Crippen LogP contribution >= 0.6 is 60.9 Å². The Balaban J connectivity index is 3.27. The molecule has 0 amide bonds. The zero-order valence-corrected chi connectivity index (χ0v) is 13.7. The first kappa shape index (κ1) is 17.1. The van der Waals surface area contributed by atoms with Crippen LogP contribution in [0.4, 0.5) is 0 Å². The molecule has 0 nitrogen and oxygen atoms in total. The van der Waals surface area contributed by atoms with Gasteiger partial charge in [-0.25, -0.2) is 0 Å². The highest BCUT2D eigenvalue weighted by Gasteiger charge is 1.98. The SMILES string of the molecule is C=CCC(=C)SSSSSSC(=C)CC=C. The summed E-state index contributed by atoms with van der Waals surface area (Å²) in [4.78, 5) is 2.28. The van der Waals surface area contributed by atoms with Gasteiger partial charge in [0.25, 0.3) is 0 Å². The summed E-state index contributed by atoms with van der Waals surface area (Å²) in [6.07, 6.45) is 5.50. The minimum atomic E-state index is 0.876. The lowest BCUT2D eigenvalue weighted by atomic mass is 10.4. The van der Waals surface area contributed by atoms with Crippen molar-refractivity contribution >= 4 is 60.9 Å². The fourth-order valence-corrected chi connectivity index (χ4v) is 11.5. The number of allylic oxidation sites excluding steroid dienone is 4. The van der Waals surface area contributed by atoms with Crippen molar-refractivity contribution in [3.05, 3.63) is 48.3 Å². The summed E-state index contributed by atoms with van der Waals surface area (Å²) in [5.41, 5.74) is 0.